The predicted molar refractivity (Wildman–Crippen MR) is 40.1 cm³/mol. The number of ether oxygens (including phenoxy) is 1. The van der Waals surface area contributed by atoms with E-state index in [1.54, 1.807) is 0 Å². The number of amides is 1. The molecule has 0 spiro atoms. The summed E-state index contributed by atoms with van der Waals surface area (Å²) in [5.41, 5.74) is 5.00. The Labute approximate surface area is 70.1 Å². The van der Waals surface area contributed by atoms with Gasteiger partial charge in [0.15, 0.2) is 0 Å². The Bertz CT molecular complexity index is 184. The van der Waals surface area contributed by atoms with E-state index in [4.69, 9.17) is 10.5 Å². The molecule has 1 amide bonds. The van der Waals surface area contributed by atoms with Gasteiger partial charge in [-0.25, -0.2) is 0 Å². The molecule has 1 saturated carbocycles. The highest BCUT2D eigenvalue weighted by molar-refractivity contribution is 5.77. The molecule has 12 heavy (non-hydrogen) atoms. The van der Waals surface area contributed by atoms with Crippen LogP contribution in [0.4, 0.5) is 0 Å². The molecule has 0 heterocycles. The van der Waals surface area contributed by atoms with Crippen LogP contribution < -0.4 is 5.73 Å². The molecule has 1 rings (SSSR count). The zero-order chi connectivity index (χ0) is 9.30. The van der Waals surface area contributed by atoms with E-state index in [2.05, 4.69) is 0 Å². The second kappa shape index (κ2) is 3.38. The number of primary amides is 1. The summed E-state index contributed by atoms with van der Waals surface area (Å²) in [6, 6.07) is 0. The van der Waals surface area contributed by atoms with E-state index in [0.717, 1.165) is 0 Å². The first-order chi connectivity index (χ1) is 5.57. The van der Waals surface area contributed by atoms with Crippen LogP contribution in [0.15, 0.2) is 0 Å². The highest BCUT2D eigenvalue weighted by Crippen LogP contribution is 2.28. The van der Waals surface area contributed by atoms with Crippen LogP contribution in [-0.4, -0.2) is 41.5 Å². The Morgan fingerprint density at radius 3 is 2.33 bits per heavy atom. The summed E-state index contributed by atoms with van der Waals surface area (Å²) in [6.07, 6.45) is -2.30. The van der Waals surface area contributed by atoms with E-state index < -0.39 is 30.1 Å². The average molecular weight is 175 g/mol. The van der Waals surface area contributed by atoms with E-state index in [1.165, 1.54) is 7.11 Å². The molecular formula is C7H13NO4. The van der Waals surface area contributed by atoms with Crippen LogP contribution >= 0.6 is 0 Å². The zero-order valence-electron chi connectivity index (χ0n) is 6.80. The first-order valence-electron chi connectivity index (χ1n) is 3.76. The summed E-state index contributed by atoms with van der Waals surface area (Å²) in [6.45, 7) is 0. The molecule has 4 unspecified atom stereocenters. The van der Waals surface area contributed by atoms with Crippen molar-refractivity contribution in [2.45, 2.75) is 24.7 Å². The molecule has 0 radical (unpaired) electrons. The SMILES string of the molecule is COC1CC(C(N)=O)C(O)C1O. The van der Waals surface area contributed by atoms with Gasteiger partial charge >= 0.3 is 0 Å². The molecule has 1 fully saturated rings. The van der Waals surface area contributed by atoms with Gasteiger partial charge in [0.1, 0.15) is 6.10 Å². The van der Waals surface area contributed by atoms with E-state index in [1.807, 2.05) is 0 Å². The lowest BCUT2D eigenvalue weighted by atomic mass is 10.1. The van der Waals surface area contributed by atoms with Crippen LogP contribution in [0.2, 0.25) is 0 Å². The van der Waals surface area contributed by atoms with Crippen molar-refractivity contribution in [3.05, 3.63) is 0 Å². The van der Waals surface area contributed by atoms with E-state index >= 15 is 0 Å². The van der Waals surface area contributed by atoms with E-state index in [9.17, 15) is 15.0 Å². The molecule has 0 aromatic rings. The number of carbonyl (C=O) groups excluding carboxylic acids is 1. The van der Waals surface area contributed by atoms with Gasteiger partial charge in [-0.05, 0) is 6.42 Å². The van der Waals surface area contributed by atoms with Crippen molar-refractivity contribution in [2.24, 2.45) is 11.7 Å². The summed E-state index contributed by atoms with van der Waals surface area (Å²) in [5, 5.41) is 18.6. The number of carbonyl (C=O) groups is 1. The van der Waals surface area contributed by atoms with Gasteiger partial charge in [-0.3, -0.25) is 4.79 Å². The van der Waals surface area contributed by atoms with Crippen molar-refractivity contribution in [1.82, 2.24) is 0 Å². The number of nitrogens with two attached hydrogens (primary N) is 1. The minimum Gasteiger partial charge on any atom is -0.389 e. The topological polar surface area (TPSA) is 92.8 Å². The maximum absolute atomic E-state index is 10.7. The Morgan fingerprint density at radius 1 is 1.50 bits per heavy atom. The Kier molecular flexibility index (Phi) is 2.66. The minimum absolute atomic E-state index is 0.286. The summed E-state index contributed by atoms with van der Waals surface area (Å²) in [5.74, 6) is -1.29. The Hall–Kier alpha value is -0.650. The van der Waals surface area contributed by atoms with Crippen LogP contribution in [0.3, 0.4) is 0 Å². The maximum atomic E-state index is 10.7. The molecule has 4 atom stereocenters. The monoisotopic (exact) mass is 175 g/mol. The summed E-state index contributed by atoms with van der Waals surface area (Å²) >= 11 is 0. The van der Waals surface area contributed by atoms with E-state index in [-0.39, 0.29) is 6.42 Å². The van der Waals surface area contributed by atoms with Gasteiger partial charge in [-0.15, -0.1) is 0 Å². The molecule has 5 heteroatoms. The van der Waals surface area contributed by atoms with Gasteiger partial charge in [-0.2, -0.15) is 0 Å². The van der Waals surface area contributed by atoms with Crippen LogP contribution in [0.25, 0.3) is 0 Å². The molecule has 0 aromatic heterocycles. The number of rotatable bonds is 2. The second-order valence-corrected chi connectivity index (χ2v) is 3.00. The fraction of sp³-hybridized carbons (Fsp3) is 0.857. The number of hydrogen-bond donors (Lipinski definition) is 3. The fourth-order valence-corrected chi connectivity index (χ4v) is 1.51. The largest absolute Gasteiger partial charge is 0.389 e. The molecule has 0 bridgehead atoms. The van der Waals surface area contributed by atoms with Crippen LogP contribution in [0.5, 0.6) is 0 Å². The number of methoxy groups -OCH3 is 1. The number of hydrogen-bond acceptors (Lipinski definition) is 4. The zero-order valence-corrected chi connectivity index (χ0v) is 6.80. The van der Waals surface area contributed by atoms with Crippen LogP contribution in [-0.2, 0) is 9.53 Å². The molecule has 0 aliphatic heterocycles. The standard InChI is InChI=1S/C7H13NO4/c1-12-4-2-3(7(8)11)5(9)6(4)10/h3-6,9-10H,2H2,1H3,(H2,8,11). The van der Waals surface area contributed by atoms with Crippen LogP contribution in [0.1, 0.15) is 6.42 Å². The van der Waals surface area contributed by atoms with Gasteiger partial charge in [0, 0.05) is 7.11 Å². The summed E-state index contributed by atoms with van der Waals surface area (Å²) < 4.78 is 4.86. The van der Waals surface area contributed by atoms with Crippen molar-refractivity contribution in [3.8, 4) is 0 Å². The van der Waals surface area contributed by atoms with Gasteiger partial charge in [-0.1, -0.05) is 0 Å². The maximum Gasteiger partial charge on any atom is 0.223 e. The summed E-state index contributed by atoms with van der Waals surface area (Å²) in [7, 11) is 1.42. The van der Waals surface area contributed by atoms with Crippen molar-refractivity contribution >= 4 is 5.91 Å². The number of aliphatic hydroxyl groups is 2. The minimum atomic E-state index is -1.09. The Morgan fingerprint density at radius 2 is 2.08 bits per heavy atom. The van der Waals surface area contributed by atoms with Crippen molar-refractivity contribution in [3.63, 3.8) is 0 Å². The molecule has 1 aliphatic carbocycles. The predicted octanol–water partition coefficient (Wildman–Crippen LogP) is -1.77. The van der Waals surface area contributed by atoms with Crippen LogP contribution in [0, 0.1) is 5.92 Å². The normalized spacial score (nSPS) is 41.6. The van der Waals surface area contributed by atoms with Gasteiger partial charge in [0.05, 0.1) is 18.1 Å². The fourth-order valence-electron chi connectivity index (χ4n) is 1.51. The third-order valence-corrected chi connectivity index (χ3v) is 2.30. The van der Waals surface area contributed by atoms with Gasteiger partial charge in [0.2, 0.25) is 5.91 Å². The molecule has 0 saturated heterocycles. The average Bonchev–Trinajstić information content (AvgIpc) is 2.30. The lowest BCUT2D eigenvalue weighted by Gasteiger charge is -2.14. The third kappa shape index (κ3) is 1.43. The Balaban J connectivity index is 2.66. The molecular weight excluding hydrogens is 162 g/mol. The second-order valence-electron chi connectivity index (χ2n) is 3.00. The first-order valence-corrected chi connectivity index (χ1v) is 3.76. The van der Waals surface area contributed by atoms with Gasteiger partial charge in [0.25, 0.3) is 0 Å². The smallest absolute Gasteiger partial charge is 0.223 e. The molecule has 5 nitrogen and oxygen atoms in total. The molecule has 4 N–H and O–H groups in total. The van der Waals surface area contributed by atoms with Crippen molar-refractivity contribution < 1.29 is 19.7 Å². The molecule has 1 aliphatic rings. The highest BCUT2D eigenvalue weighted by Gasteiger charge is 2.44. The lowest BCUT2D eigenvalue weighted by Crippen LogP contribution is -2.35. The lowest BCUT2D eigenvalue weighted by molar-refractivity contribution is -0.125. The molecule has 70 valence electrons. The summed E-state index contributed by atoms with van der Waals surface area (Å²) in [4.78, 5) is 10.7. The van der Waals surface area contributed by atoms with E-state index in [0.29, 0.717) is 0 Å². The van der Waals surface area contributed by atoms with Gasteiger partial charge < -0.3 is 20.7 Å². The highest BCUT2D eigenvalue weighted by atomic mass is 16.5. The number of aliphatic hydroxyl groups excluding tert-OH is 2. The molecule has 0 aromatic carbocycles. The van der Waals surface area contributed by atoms with Crippen molar-refractivity contribution in [1.29, 1.82) is 0 Å². The third-order valence-electron chi connectivity index (χ3n) is 2.30. The first kappa shape index (κ1) is 9.44. The quantitative estimate of drug-likeness (QED) is 0.463. The van der Waals surface area contributed by atoms with Crippen molar-refractivity contribution in [2.75, 3.05) is 7.11 Å².